The molecule has 3 aromatic rings. The summed E-state index contributed by atoms with van der Waals surface area (Å²) in [5, 5.41) is 13.8. The first-order valence-electron chi connectivity index (χ1n) is 10.1. The Bertz CT molecular complexity index is 1180. The number of likely N-dealkylation sites (tertiary alicyclic amines) is 1. The number of carbonyl (C=O) groups excluding carboxylic acids is 2. The van der Waals surface area contributed by atoms with Crippen molar-refractivity contribution in [3.8, 4) is 0 Å². The van der Waals surface area contributed by atoms with Gasteiger partial charge in [0.15, 0.2) is 0 Å². The molecular weight excluding hydrogens is 430 g/mol. The number of carbonyl (C=O) groups is 2. The van der Waals surface area contributed by atoms with Crippen LogP contribution in [0.25, 0.3) is 0 Å². The van der Waals surface area contributed by atoms with Crippen LogP contribution in [0.2, 0.25) is 5.02 Å². The summed E-state index contributed by atoms with van der Waals surface area (Å²) in [5.74, 6) is -0.452. The van der Waals surface area contributed by atoms with Crippen LogP contribution >= 0.6 is 11.6 Å². The van der Waals surface area contributed by atoms with Gasteiger partial charge in [-0.25, -0.2) is 0 Å². The Balaban J connectivity index is 1.52. The van der Waals surface area contributed by atoms with Gasteiger partial charge in [-0.15, -0.1) is 0 Å². The fourth-order valence-corrected chi connectivity index (χ4v) is 4.07. The van der Waals surface area contributed by atoms with Crippen LogP contribution in [0, 0.1) is 10.1 Å². The zero-order valence-electron chi connectivity index (χ0n) is 17.0. The van der Waals surface area contributed by atoms with Crippen molar-refractivity contribution in [1.29, 1.82) is 0 Å². The number of nitrogens with one attached hydrogen (secondary N) is 1. The highest BCUT2D eigenvalue weighted by atomic mass is 35.5. The molecule has 4 rings (SSSR count). The molecule has 0 saturated carbocycles. The number of nitro benzene ring substituents is 1. The van der Waals surface area contributed by atoms with Gasteiger partial charge in [-0.1, -0.05) is 54.1 Å². The van der Waals surface area contributed by atoms with E-state index in [9.17, 15) is 19.7 Å². The van der Waals surface area contributed by atoms with E-state index in [0.29, 0.717) is 24.3 Å². The lowest BCUT2D eigenvalue weighted by molar-refractivity contribution is -0.384. The van der Waals surface area contributed by atoms with Gasteiger partial charge in [0.1, 0.15) is 5.02 Å². The molecule has 162 valence electrons. The fraction of sp³-hybridized carbons (Fsp3) is 0.167. The van der Waals surface area contributed by atoms with Gasteiger partial charge in [-0.05, 0) is 36.2 Å². The number of anilines is 1. The van der Waals surface area contributed by atoms with Gasteiger partial charge >= 0.3 is 0 Å². The van der Waals surface area contributed by atoms with Gasteiger partial charge in [0.25, 0.3) is 17.5 Å². The van der Waals surface area contributed by atoms with Crippen LogP contribution < -0.4 is 5.32 Å². The molecule has 7 nitrogen and oxygen atoms in total. The standard InChI is InChI=1S/C24H20ClN3O4/c25-20-11-10-17(14-22(20)28(31)32)23(29)26-21-9-5-4-8-19(21)24(30)27-13-12-18(15-27)16-6-2-1-3-7-16/h1-11,14,18H,12-13,15H2,(H,26,29). The molecule has 1 atom stereocenters. The van der Waals surface area contributed by atoms with E-state index in [1.54, 1.807) is 29.2 Å². The van der Waals surface area contributed by atoms with E-state index in [1.807, 2.05) is 18.2 Å². The zero-order chi connectivity index (χ0) is 22.7. The van der Waals surface area contributed by atoms with Crippen LogP contribution in [0.5, 0.6) is 0 Å². The predicted octanol–water partition coefficient (Wildman–Crippen LogP) is 5.13. The second kappa shape index (κ2) is 9.20. The van der Waals surface area contributed by atoms with E-state index in [1.165, 1.54) is 17.7 Å². The summed E-state index contributed by atoms with van der Waals surface area (Å²) in [4.78, 5) is 38.2. The topological polar surface area (TPSA) is 92.6 Å². The lowest BCUT2D eigenvalue weighted by Crippen LogP contribution is -2.29. The van der Waals surface area contributed by atoms with Crippen LogP contribution in [-0.2, 0) is 0 Å². The van der Waals surface area contributed by atoms with Crippen LogP contribution in [0.15, 0.2) is 72.8 Å². The molecule has 8 heteroatoms. The third-order valence-electron chi connectivity index (χ3n) is 5.56. The monoisotopic (exact) mass is 449 g/mol. The Labute approximate surface area is 189 Å². The van der Waals surface area contributed by atoms with Gasteiger partial charge in [0.05, 0.1) is 16.2 Å². The van der Waals surface area contributed by atoms with Crippen molar-refractivity contribution < 1.29 is 14.5 Å². The molecule has 0 radical (unpaired) electrons. The molecule has 3 aromatic carbocycles. The van der Waals surface area contributed by atoms with Crippen LogP contribution in [-0.4, -0.2) is 34.7 Å². The van der Waals surface area contributed by atoms with E-state index in [4.69, 9.17) is 11.6 Å². The van der Waals surface area contributed by atoms with E-state index < -0.39 is 10.8 Å². The van der Waals surface area contributed by atoms with Crippen molar-refractivity contribution in [2.24, 2.45) is 0 Å². The predicted molar refractivity (Wildman–Crippen MR) is 122 cm³/mol. The van der Waals surface area contributed by atoms with E-state index in [2.05, 4.69) is 17.4 Å². The zero-order valence-corrected chi connectivity index (χ0v) is 17.8. The summed E-state index contributed by atoms with van der Waals surface area (Å²) in [5.41, 5.74) is 1.65. The number of para-hydroxylation sites is 1. The Morgan fingerprint density at radius 2 is 1.75 bits per heavy atom. The number of halogens is 1. The molecule has 1 heterocycles. The first kappa shape index (κ1) is 21.5. The number of nitrogens with zero attached hydrogens (tertiary/aromatic N) is 2. The van der Waals surface area contributed by atoms with E-state index in [-0.39, 0.29) is 28.1 Å². The minimum atomic E-state index is -0.646. The highest BCUT2D eigenvalue weighted by Crippen LogP contribution is 2.30. The molecule has 2 amide bonds. The number of rotatable bonds is 5. The summed E-state index contributed by atoms with van der Waals surface area (Å²) in [6.45, 7) is 1.23. The third kappa shape index (κ3) is 4.48. The summed E-state index contributed by atoms with van der Waals surface area (Å²) in [6, 6.07) is 20.7. The number of hydrogen-bond donors (Lipinski definition) is 1. The van der Waals surface area contributed by atoms with Gasteiger partial charge in [-0.2, -0.15) is 0 Å². The lowest BCUT2D eigenvalue weighted by Gasteiger charge is -2.19. The van der Waals surface area contributed by atoms with Crippen molar-refractivity contribution in [1.82, 2.24) is 4.90 Å². The Hall–Kier alpha value is -3.71. The van der Waals surface area contributed by atoms with E-state index in [0.717, 1.165) is 12.5 Å². The van der Waals surface area contributed by atoms with Crippen molar-refractivity contribution >= 4 is 34.8 Å². The highest BCUT2D eigenvalue weighted by Gasteiger charge is 2.29. The maximum Gasteiger partial charge on any atom is 0.288 e. The molecule has 0 spiro atoms. The Kier molecular flexibility index (Phi) is 6.18. The van der Waals surface area contributed by atoms with Crippen LogP contribution in [0.3, 0.4) is 0 Å². The first-order chi connectivity index (χ1) is 15.4. The highest BCUT2D eigenvalue weighted by molar-refractivity contribution is 6.32. The van der Waals surface area contributed by atoms with Crippen molar-refractivity contribution in [3.05, 3.63) is 105 Å². The Morgan fingerprint density at radius 3 is 2.50 bits per heavy atom. The minimum absolute atomic E-state index is 0.0517. The normalized spacial score (nSPS) is 15.4. The summed E-state index contributed by atoms with van der Waals surface area (Å²) >= 11 is 5.83. The number of amides is 2. The quantitative estimate of drug-likeness (QED) is 0.431. The molecule has 1 fully saturated rings. The van der Waals surface area contributed by atoms with Gasteiger partial charge < -0.3 is 10.2 Å². The third-order valence-corrected chi connectivity index (χ3v) is 5.88. The molecular formula is C24H20ClN3O4. The number of hydrogen-bond acceptors (Lipinski definition) is 4. The molecule has 0 aliphatic carbocycles. The molecule has 1 aliphatic heterocycles. The number of nitro groups is 1. The maximum atomic E-state index is 13.2. The largest absolute Gasteiger partial charge is 0.338 e. The van der Waals surface area contributed by atoms with Crippen LogP contribution in [0.4, 0.5) is 11.4 Å². The van der Waals surface area contributed by atoms with E-state index >= 15 is 0 Å². The maximum absolute atomic E-state index is 13.2. The SMILES string of the molecule is O=C(Nc1ccccc1C(=O)N1CCC(c2ccccc2)C1)c1ccc(Cl)c([N+](=O)[O-])c1. The summed E-state index contributed by atoms with van der Waals surface area (Å²) in [6.07, 6.45) is 0.874. The fourth-order valence-electron chi connectivity index (χ4n) is 3.88. The molecule has 32 heavy (non-hydrogen) atoms. The molecule has 0 bridgehead atoms. The minimum Gasteiger partial charge on any atom is -0.338 e. The van der Waals surface area contributed by atoms with Crippen molar-refractivity contribution in [3.63, 3.8) is 0 Å². The van der Waals surface area contributed by atoms with Crippen molar-refractivity contribution in [2.45, 2.75) is 12.3 Å². The number of benzene rings is 3. The molecule has 1 unspecified atom stereocenters. The van der Waals surface area contributed by atoms with Gasteiger partial charge in [0.2, 0.25) is 0 Å². The summed E-state index contributed by atoms with van der Waals surface area (Å²) in [7, 11) is 0. The van der Waals surface area contributed by atoms with Gasteiger partial charge in [-0.3, -0.25) is 19.7 Å². The average Bonchev–Trinajstić information content (AvgIpc) is 3.30. The summed E-state index contributed by atoms with van der Waals surface area (Å²) < 4.78 is 0. The molecule has 1 N–H and O–H groups in total. The second-order valence-corrected chi connectivity index (χ2v) is 7.98. The lowest BCUT2D eigenvalue weighted by atomic mass is 9.99. The molecule has 1 aliphatic rings. The molecule has 0 aromatic heterocycles. The Morgan fingerprint density at radius 1 is 1.03 bits per heavy atom. The molecule has 1 saturated heterocycles. The second-order valence-electron chi connectivity index (χ2n) is 7.57. The van der Waals surface area contributed by atoms with Crippen molar-refractivity contribution in [2.75, 3.05) is 18.4 Å². The average molecular weight is 450 g/mol. The van der Waals surface area contributed by atoms with Crippen LogP contribution in [0.1, 0.15) is 38.6 Å². The van der Waals surface area contributed by atoms with Gasteiger partial charge in [0, 0.05) is 30.6 Å². The first-order valence-corrected chi connectivity index (χ1v) is 10.5. The smallest absolute Gasteiger partial charge is 0.288 e.